The summed E-state index contributed by atoms with van der Waals surface area (Å²) in [5.74, 6) is -1.20. The maximum atomic E-state index is 11.5. The first-order valence-corrected chi connectivity index (χ1v) is 4.01. The predicted molar refractivity (Wildman–Crippen MR) is 51.9 cm³/mol. The number of hydrogen-bond acceptors (Lipinski definition) is 3. The van der Waals surface area contributed by atoms with Crippen molar-refractivity contribution in [2.75, 3.05) is 7.11 Å². The fourth-order valence-electron chi connectivity index (χ4n) is 0.869. The van der Waals surface area contributed by atoms with Crippen molar-refractivity contribution in [2.45, 2.75) is 0 Å². The van der Waals surface area contributed by atoms with Crippen LogP contribution in [-0.4, -0.2) is 18.9 Å². The highest BCUT2D eigenvalue weighted by Crippen LogP contribution is 2.00. The first kappa shape index (κ1) is 8.69. The number of allylic oxidation sites excluding steroid dienone is 1. The fraction of sp³-hybridized carbons (Fsp3) is 0.0909. The molecule has 0 atom stereocenters. The van der Waals surface area contributed by atoms with Gasteiger partial charge in [0.05, 0.1) is 8.48 Å². The number of methoxy groups -OCH3 is 1. The van der Waals surface area contributed by atoms with Gasteiger partial charge < -0.3 is 4.74 Å². The van der Waals surface area contributed by atoms with E-state index in [0.29, 0.717) is 5.56 Å². The molecule has 0 bridgehead atoms. The fourth-order valence-corrected chi connectivity index (χ4v) is 0.869. The van der Waals surface area contributed by atoms with Crippen LogP contribution in [0.15, 0.2) is 42.5 Å². The number of hydrogen-bond donors (Lipinski definition) is 0. The Hall–Kier alpha value is -1.90. The number of carbonyl (C=O) groups excluding carboxylic acids is 2. The largest absolute Gasteiger partial charge is 0.466 e. The van der Waals surface area contributed by atoms with E-state index < -0.39 is 12.0 Å². The van der Waals surface area contributed by atoms with E-state index in [-0.39, 0.29) is 5.78 Å². The molecule has 0 aromatic heterocycles. The third-order valence-electron chi connectivity index (χ3n) is 1.56. The van der Waals surface area contributed by atoms with Crippen LogP contribution in [0.4, 0.5) is 0 Å². The number of rotatable bonds is 3. The third kappa shape index (κ3) is 2.86. The van der Waals surface area contributed by atoms with E-state index in [9.17, 15) is 9.59 Å². The number of ether oxygens (including phenoxy) is 1. The zero-order valence-electron chi connectivity index (χ0n) is 8.69. The molecule has 0 radical (unpaired) electrons. The molecular weight excluding hydrogens is 180 g/mol. The monoisotopic (exact) mass is 191 g/mol. The Morgan fingerprint density at radius 3 is 2.57 bits per heavy atom. The Morgan fingerprint density at radius 2 is 2.00 bits per heavy atom. The van der Waals surface area contributed by atoms with Crippen molar-refractivity contribution in [3.05, 3.63) is 48.0 Å². The smallest absolute Gasteiger partial charge is 0.330 e. The lowest BCUT2D eigenvalue weighted by molar-refractivity contribution is -0.134. The number of benzene rings is 1. The first-order valence-electron chi connectivity index (χ1n) is 4.51. The molecule has 0 fully saturated rings. The zero-order valence-corrected chi connectivity index (χ0v) is 7.69. The third-order valence-corrected chi connectivity index (χ3v) is 1.56. The van der Waals surface area contributed by atoms with Gasteiger partial charge in [0, 0.05) is 11.6 Å². The maximum absolute atomic E-state index is 11.5. The topological polar surface area (TPSA) is 43.4 Å². The highest BCUT2D eigenvalue weighted by atomic mass is 16.5. The molecule has 3 nitrogen and oxygen atoms in total. The van der Waals surface area contributed by atoms with Gasteiger partial charge in [-0.1, -0.05) is 30.3 Å². The molecule has 1 aromatic rings. The lowest BCUT2D eigenvalue weighted by Gasteiger charge is -1.93. The van der Waals surface area contributed by atoms with Crippen molar-refractivity contribution in [2.24, 2.45) is 0 Å². The van der Waals surface area contributed by atoms with Crippen LogP contribution in [0.5, 0.6) is 0 Å². The molecule has 0 aliphatic rings. The van der Waals surface area contributed by atoms with E-state index in [1.54, 1.807) is 30.3 Å². The summed E-state index contributed by atoms with van der Waals surface area (Å²) in [6.45, 7) is 0. The minimum atomic E-state index is -0.820. The normalized spacial score (nSPS) is 11.8. The van der Waals surface area contributed by atoms with Crippen LogP contribution < -0.4 is 0 Å². The minimum Gasteiger partial charge on any atom is -0.466 e. The van der Waals surface area contributed by atoms with E-state index in [4.69, 9.17) is 1.37 Å². The van der Waals surface area contributed by atoms with E-state index in [1.807, 2.05) is 0 Å². The second-order valence-electron chi connectivity index (χ2n) is 2.51. The Bertz CT molecular complexity index is 396. The van der Waals surface area contributed by atoms with Crippen LogP contribution in [0.3, 0.4) is 0 Å². The summed E-state index contributed by atoms with van der Waals surface area (Å²) in [7, 11) is 1.16. The first-order chi connectivity index (χ1) is 7.15. The summed E-state index contributed by atoms with van der Waals surface area (Å²) in [5.41, 5.74) is 0.436. The van der Waals surface area contributed by atoms with Gasteiger partial charge >= 0.3 is 5.97 Å². The van der Waals surface area contributed by atoms with E-state index >= 15 is 0 Å². The van der Waals surface area contributed by atoms with E-state index in [1.165, 1.54) is 0 Å². The highest BCUT2D eigenvalue weighted by molar-refractivity contribution is 6.06. The lowest BCUT2D eigenvalue weighted by atomic mass is 10.1. The molecule has 1 aromatic carbocycles. The van der Waals surface area contributed by atoms with Gasteiger partial charge in [0.2, 0.25) is 0 Å². The Labute approximate surface area is 83.4 Å². The highest BCUT2D eigenvalue weighted by Gasteiger charge is 2.00. The Morgan fingerprint density at radius 1 is 1.36 bits per heavy atom. The maximum Gasteiger partial charge on any atom is 0.330 e. The van der Waals surface area contributed by atoms with Gasteiger partial charge in [-0.25, -0.2) is 4.79 Å². The minimum absolute atomic E-state index is 0.383. The lowest BCUT2D eigenvalue weighted by Crippen LogP contribution is -1.98. The Kier molecular flexibility index (Phi) is 3.08. The molecule has 0 N–H and O–H groups in total. The van der Waals surface area contributed by atoms with Gasteiger partial charge in [-0.2, -0.15) is 0 Å². The van der Waals surface area contributed by atoms with Crippen LogP contribution in [0.25, 0.3) is 0 Å². The predicted octanol–water partition coefficient (Wildman–Crippen LogP) is 1.60. The molecule has 0 unspecified atom stereocenters. The average Bonchev–Trinajstić information content (AvgIpc) is 2.29. The van der Waals surface area contributed by atoms with Crippen molar-refractivity contribution in [3.8, 4) is 0 Å². The second-order valence-corrected chi connectivity index (χ2v) is 2.51. The number of carbonyl (C=O) groups is 2. The Balaban J connectivity index is 2.84. The molecule has 0 amide bonds. The van der Waals surface area contributed by atoms with Gasteiger partial charge in [0.1, 0.15) is 0 Å². The van der Waals surface area contributed by atoms with Crippen molar-refractivity contribution >= 4 is 11.8 Å². The van der Waals surface area contributed by atoms with Gasteiger partial charge in [0.15, 0.2) is 5.78 Å². The van der Waals surface area contributed by atoms with Gasteiger partial charge in [0.25, 0.3) is 0 Å². The summed E-state index contributed by atoms with van der Waals surface area (Å²) in [6.07, 6.45) is 0.946. The standard InChI is InChI=1S/C11H10O3/c1-14-11(13)8-7-10(12)9-5-3-2-4-6-9/h2-8H,1H3/b8-7+/i8D. The number of esters is 1. The van der Waals surface area contributed by atoms with Crippen LogP contribution in [0, 0.1) is 0 Å². The summed E-state index contributed by atoms with van der Waals surface area (Å²) in [5, 5.41) is 0. The molecule has 0 heterocycles. The molecule has 72 valence electrons. The van der Waals surface area contributed by atoms with Gasteiger partial charge in [-0.15, -0.1) is 0 Å². The summed E-state index contributed by atoms with van der Waals surface area (Å²) >= 11 is 0. The molecule has 0 aliphatic carbocycles. The number of ketones is 1. The summed E-state index contributed by atoms with van der Waals surface area (Å²) in [4.78, 5) is 22.3. The zero-order chi connectivity index (χ0) is 11.3. The quantitative estimate of drug-likeness (QED) is 0.414. The van der Waals surface area contributed by atoms with Crippen molar-refractivity contribution in [1.29, 1.82) is 0 Å². The van der Waals surface area contributed by atoms with Crippen molar-refractivity contribution in [1.82, 2.24) is 0 Å². The SMILES string of the molecule is [2H]/C(=C\C(=O)c1ccccc1)C(=O)OC. The molecule has 1 rings (SSSR count). The van der Waals surface area contributed by atoms with E-state index in [2.05, 4.69) is 4.74 Å². The average molecular weight is 191 g/mol. The summed E-state index contributed by atoms with van der Waals surface area (Å²) < 4.78 is 11.5. The summed E-state index contributed by atoms with van der Waals surface area (Å²) in [6, 6.07) is 7.98. The van der Waals surface area contributed by atoms with Gasteiger partial charge in [-0.05, 0) is 6.08 Å². The van der Waals surface area contributed by atoms with Crippen LogP contribution in [0.1, 0.15) is 11.7 Å². The second kappa shape index (κ2) is 4.97. The molecule has 0 saturated heterocycles. The van der Waals surface area contributed by atoms with E-state index in [0.717, 1.165) is 13.2 Å². The van der Waals surface area contributed by atoms with Crippen LogP contribution >= 0.6 is 0 Å². The molecule has 0 spiro atoms. The molecule has 14 heavy (non-hydrogen) atoms. The molecule has 0 aliphatic heterocycles. The molecule has 0 saturated carbocycles. The van der Waals surface area contributed by atoms with Crippen molar-refractivity contribution in [3.63, 3.8) is 0 Å². The van der Waals surface area contributed by atoms with Gasteiger partial charge in [-0.3, -0.25) is 4.79 Å². The molecule has 3 heteroatoms. The van der Waals surface area contributed by atoms with Crippen LogP contribution in [-0.2, 0) is 9.53 Å². The van der Waals surface area contributed by atoms with Crippen LogP contribution in [0.2, 0.25) is 0 Å². The molecular formula is C11H10O3. The van der Waals surface area contributed by atoms with Crippen molar-refractivity contribution < 1.29 is 15.7 Å².